The number of amides is 1. The van der Waals surface area contributed by atoms with Crippen molar-refractivity contribution in [3.8, 4) is 11.5 Å². The predicted molar refractivity (Wildman–Crippen MR) is 123 cm³/mol. The molecule has 4 rings (SSSR count). The van der Waals surface area contributed by atoms with Crippen LogP contribution in [-0.4, -0.2) is 32.3 Å². The van der Waals surface area contributed by atoms with Gasteiger partial charge in [0.2, 0.25) is 0 Å². The van der Waals surface area contributed by atoms with Gasteiger partial charge in [-0.05, 0) is 38.1 Å². The lowest BCUT2D eigenvalue weighted by Gasteiger charge is -2.13. The fourth-order valence-electron chi connectivity index (χ4n) is 3.52. The second-order valence-electron chi connectivity index (χ2n) is 7.71. The van der Waals surface area contributed by atoms with Crippen molar-refractivity contribution >= 4 is 22.6 Å². The maximum atomic E-state index is 12.8. The lowest BCUT2D eigenvalue weighted by atomic mass is 10.1. The lowest BCUT2D eigenvalue weighted by Crippen LogP contribution is -2.37. The summed E-state index contributed by atoms with van der Waals surface area (Å²) < 4.78 is 18.6. The van der Waals surface area contributed by atoms with Crippen molar-refractivity contribution in [3.63, 3.8) is 0 Å². The molecule has 0 bridgehead atoms. The molecule has 3 aromatic heterocycles. The summed E-state index contributed by atoms with van der Waals surface area (Å²) in [4.78, 5) is 41.6. The van der Waals surface area contributed by atoms with Gasteiger partial charge in [0.15, 0.2) is 11.5 Å². The number of hydrogen-bond acceptors (Lipinski definition) is 8. The number of pyridine rings is 1. The number of nitrogens with one attached hydrogen (secondary N) is 1. The number of aryl methyl sites for hydroxylation is 3. The van der Waals surface area contributed by atoms with Crippen LogP contribution in [0.2, 0.25) is 0 Å². The fraction of sp³-hybridized carbons (Fsp3) is 0.261. The van der Waals surface area contributed by atoms with Crippen molar-refractivity contribution in [3.05, 3.63) is 73.9 Å². The molecule has 1 aromatic carbocycles. The Hall–Kier alpha value is -4.41. The van der Waals surface area contributed by atoms with E-state index in [2.05, 4.69) is 15.5 Å². The van der Waals surface area contributed by atoms with E-state index in [1.807, 2.05) is 6.92 Å². The SMILES string of the molecule is COc1cc(C(=O)Nc2cnc3c(c2)c(=O)n(C)c(=O)n3C)ccc1OCc1c(C)noc1C. The zero-order valence-corrected chi connectivity index (χ0v) is 19.3. The number of hydrogen-bond donors (Lipinski definition) is 1. The van der Waals surface area contributed by atoms with Crippen LogP contribution in [0, 0.1) is 13.8 Å². The van der Waals surface area contributed by atoms with Crippen LogP contribution in [0.15, 0.2) is 44.6 Å². The molecule has 0 aliphatic rings. The van der Waals surface area contributed by atoms with E-state index in [9.17, 15) is 14.4 Å². The van der Waals surface area contributed by atoms with Gasteiger partial charge in [-0.25, -0.2) is 9.78 Å². The minimum absolute atomic E-state index is 0.211. The molecule has 0 saturated heterocycles. The van der Waals surface area contributed by atoms with Crippen molar-refractivity contribution in [2.45, 2.75) is 20.5 Å². The molecule has 1 N–H and O–H groups in total. The van der Waals surface area contributed by atoms with Gasteiger partial charge in [-0.3, -0.25) is 18.7 Å². The first kappa shape index (κ1) is 22.8. The molecule has 4 aromatic rings. The third-order valence-corrected chi connectivity index (χ3v) is 5.53. The zero-order chi connectivity index (χ0) is 24.6. The van der Waals surface area contributed by atoms with Crippen molar-refractivity contribution in [2.75, 3.05) is 12.4 Å². The molecule has 11 heteroatoms. The highest BCUT2D eigenvalue weighted by Crippen LogP contribution is 2.30. The van der Waals surface area contributed by atoms with Crippen molar-refractivity contribution in [1.82, 2.24) is 19.3 Å². The average Bonchev–Trinajstić information content (AvgIpc) is 3.16. The van der Waals surface area contributed by atoms with E-state index >= 15 is 0 Å². The minimum atomic E-state index is -0.497. The number of rotatable bonds is 6. The van der Waals surface area contributed by atoms with Crippen LogP contribution in [0.3, 0.4) is 0 Å². The minimum Gasteiger partial charge on any atom is -0.493 e. The monoisotopic (exact) mass is 465 g/mol. The number of fused-ring (bicyclic) bond motifs is 1. The normalized spacial score (nSPS) is 11.0. The van der Waals surface area contributed by atoms with E-state index in [4.69, 9.17) is 14.0 Å². The third kappa shape index (κ3) is 4.03. The van der Waals surface area contributed by atoms with Gasteiger partial charge in [0.25, 0.3) is 11.5 Å². The second-order valence-corrected chi connectivity index (χ2v) is 7.71. The fourth-order valence-corrected chi connectivity index (χ4v) is 3.52. The molecule has 3 heterocycles. The highest BCUT2D eigenvalue weighted by atomic mass is 16.5. The number of ether oxygens (including phenoxy) is 2. The standard InChI is InChI=1S/C23H23N5O6/c1-12-17(13(2)34-26-12)11-33-18-7-6-14(8-19(18)32-5)21(29)25-15-9-16-20(24-10-15)27(3)23(31)28(4)22(16)30/h6-10H,11H2,1-5H3,(H,25,29). The molecular formula is C23H23N5O6. The first-order chi connectivity index (χ1) is 16.2. The Labute approximate surface area is 193 Å². The van der Waals surface area contributed by atoms with Gasteiger partial charge in [0.05, 0.1) is 35.6 Å². The van der Waals surface area contributed by atoms with Crippen LogP contribution in [0.1, 0.15) is 27.4 Å². The van der Waals surface area contributed by atoms with Crippen LogP contribution < -0.4 is 26.0 Å². The molecule has 176 valence electrons. The Kier molecular flexibility index (Phi) is 5.93. The third-order valence-electron chi connectivity index (χ3n) is 5.53. The molecule has 0 fully saturated rings. The summed E-state index contributed by atoms with van der Waals surface area (Å²) >= 11 is 0. The first-order valence-corrected chi connectivity index (χ1v) is 10.3. The molecule has 0 radical (unpaired) electrons. The Morgan fingerprint density at radius 3 is 2.56 bits per heavy atom. The van der Waals surface area contributed by atoms with Crippen molar-refractivity contribution < 1.29 is 18.8 Å². The molecule has 34 heavy (non-hydrogen) atoms. The number of nitrogens with zero attached hydrogens (tertiary/aromatic N) is 4. The van der Waals surface area contributed by atoms with Gasteiger partial charge in [-0.1, -0.05) is 5.16 Å². The predicted octanol–water partition coefficient (Wildman–Crippen LogP) is 2.08. The summed E-state index contributed by atoms with van der Waals surface area (Å²) in [6.45, 7) is 3.88. The number of benzene rings is 1. The maximum Gasteiger partial charge on any atom is 0.332 e. The highest BCUT2D eigenvalue weighted by Gasteiger charge is 2.16. The molecule has 0 saturated carbocycles. The van der Waals surface area contributed by atoms with Crippen molar-refractivity contribution in [2.24, 2.45) is 14.1 Å². The quantitative estimate of drug-likeness (QED) is 0.458. The molecular weight excluding hydrogens is 442 g/mol. The summed E-state index contributed by atoms with van der Waals surface area (Å²) in [6.07, 6.45) is 1.39. The molecule has 0 aliphatic carbocycles. The van der Waals surface area contributed by atoms with Gasteiger partial charge < -0.3 is 19.3 Å². The molecule has 0 spiro atoms. The summed E-state index contributed by atoms with van der Waals surface area (Å²) in [5.74, 6) is 1.07. The van der Waals surface area contributed by atoms with E-state index < -0.39 is 17.2 Å². The molecule has 0 atom stereocenters. The van der Waals surface area contributed by atoms with Gasteiger partial charge in [0.1, 0.15) is 18.0 Å². The molecule has 0 unspecified atom stereocenters. The summed E-state index contributed by atoms with van der Waals surface area (Å²) in [6, 6.07) is 6.27. The Morgan fingerprint density at radius 2 is 1.88 bits per heavy atom. The molecule has 1 amide bonds. The molecule has 11 nitrogen and oxygen atoms in total. The highest BCUT2D eigenvalue weighted by molar-refractivity contribution is 6.05. The van der Waals surface area contributed by atoms with Gasteiger partial charge >= 0.3 is 5.69 Å². The van der Waals surface area contributed by atoms with E-state index in [-0.39, 0.29) is 17.6 Å². The Bertz CT molecular complexity index is 1510. The number of methoxy groups -OCH3 is 1. The van der Waals surface area contributed by atoms with Crippen molar-refractivity contribution in [1.29, 1.82) is 0 Å². The van der Waals surface area contributed by atoms with Gasteiger partial charge in [0, 0.05) is 19.7 Å². The summed E-state index contributed by atoms with van der Waals surface area (Å²) in [7, 11) is 4.39. The first-order valence-electron chi connectivity index (χ1n) is 10.3. The largest absolute Gasteiger partial charge is 0.493 e. The number of aromatic nitrogens is 4. The van der Waals surface area contributed by atoms with Crippen LogP contribution in [0.5, 0.6) is 11.5 Å². The van der Waals surface area contributed by atoms with Crippen LogP contribution in [0.4, 0.5) is 5.69 Å². The van der Waals surface area contributed by atoms with Crippen LogP contribution in [-0.2, 0) is 20.7 Å². The average molecular weight is 465 g/mol. The number of carbonyl (C=O) groups is 1. The Morgan fingerprint density at radius 1 is 1.12 bits per heavy atom. The van der Waals surface area contributed by atoms with Crippen LogP contribution >= 0.6 is 0 Å². The smallest absolute Gasteiger partial charge is 0.332 e. The van der Waals surface area contributed by atoms with Gasteiger partial charge in [-0.2, -0.15) is 0 Å². The number of anilines is 1. The van der Waals surface area contributed by atoms with Gasteiger partial charge in [-0.15, -0.1) is 0 Å². The summed E-state index contributed by atoms with van der Waals surface area (Å²) in [5, 5.41) is 6.83. The van der Waals surface area contributed by atoms with E-state index in [1.165, 1.54) is 38.0 Å². The van der Waals surface area contributed by atoms with E-state index in [1.54, 1.807) is 25.1 Å². The Balaban J connectivity index is 1.57. The summed E-state index contributed by atoms with van der Waals surface area (Å²) in [5.41, 5.74) is 1.46. The topological polar surface area (TPSA) is 130 Å². The van der Waals surface area contributed by atoms with Crippen LogP contribution in [0.25, 0.3) is 11.0 Å². The lowest BCUT2D eigenvalue weighted by molar-refractivity contribution is 0.102. The van der Waals surface area contributed by atoms with E-state index in [0.717, 1.165) is 15.8 Å². The van der Waals surface area contributed by atoms with E-state index in [0.29, 0.717) is 28.5 Å². The maximum absolute atomic E-state index is 12.8. The number of carbonyl (C=O) groups excluding carboxylic acids is 1. The molecule has 0 aliphatic heterocycles. The second kappa shape index (κ2) is 8.85. The zero-order valence-electron chi connectivity index (χ0n) is 19.3.